The van der Waals surface area contributed by atoms with Crippen molar-refractivity contribution in [3.8, 4) is 5.75 Å². The van der Waals surface area contributed by atoms with E-state index in [0.717, 1.165) is 5.56 Å². The highest BCUT2D eigenvalue weighted by atomic mass is 16.3. The normalized spacial score (nSPS) is 12.8. The van der Waals surface area contributed by atoms with Crippen molar-refractivity contribution >= 4 is 17.8 Å². The van der Waals surface area contributed by atoms with Crippen molar-refractivity contribution in [3.63, 3.8) is 0 Å². The van der Waals surface area contributed by atoms with Crippen LogP contribution in [0.25, 0.3) is 0 Å². The van der Waals surface area contributed by atoms with Crippen LogP contribution in [-0.2, 0) is 16.0 Å². The molecule has 0 saturated carbocycles. The van der Waals surface area contributed by atoms with Crippen molar-refractivity contribution in [1.29, 1.82) is 0 Å². The van der Waals surface area contributed by atoms with E-state index in [4.69, 9.17) is 22.9 Å². The Morgan fingerprint density at radius 1 is 1.16 bits per heavy atom. The molecule has 0 aliphatic heterocycles. The second-order valence-electron chi connectivity index (χ2n) is 5.81. The topological polar surface area (TPSA) is 183 Å². The molecule has 0 fully saturated rings. The van der Waals surface area contributed by atoms with Crippen LogP contribution in [0.2, 0.25) is 0 Å². The molecule has 0 aliphatic carbocycles. The van der Waals surface area contributed by atoms with E-state index in [1.807, 2.05) is 0 Å². The Kier molecular flexibility index (Phi) is 8.21. The van der Waals surface area contributed by atoms with Gasteiger partial charge in [-0.25, -0.2) is 0 Å². The monoisotopic (exact) mass is 350 g/mol. The quantitative estimate of drug-likeness (QED) is 0.173. The maximum absolute atomic E-state index is 12.0. The highest BCUT2D eigenvalue weighted by Crippen LogP contribution is 2.11. The molecule has 0 aliphatic rings. The summed E-state index contributed by atoms with van der Waals surface area (Å²) < 4.78 is 0. The number of carbonyl (C=O) groups is 2. The van der Waals surface area contributed by atoms with Gasteiger partial charge in [0.2, 0.25) is 11.8 Å². The number of primary amides is 1. The summed E-state index contributed by atoms with van der Waals surface area (Å²) in [5.41, 5.74) is 22.5. The lowest BCUT2D eigenvalue weighted by molar-refractivity contribution is -0.127. The standard InChI is InChI=1S/C16H26N6O3/c17-11(2-1-7-21-16(19)20)9-14(24)22-13(15(18)25)8-10-3-5-12(23)6-4-10/h3-6,11,13,23H,1-2,7-9,17H2,(H2,18,25)(H,22,24)(H4,19,20,21). The minimum absolute atomic E-state index is 0.0184. The zero-order valence-corrected chi connectivity index (χ0v) is 14.0. The molecule has 0 spiro atoms. The van der Waals surface area contributed by atoms with Crippen LogP contribution in [0.4, 0.5) is 0 Å². The number of phenols is 1. The summed E-state index contributed by atoms with van der Waals surface area (Å²) in [4.78, 5) is 27.4. The Balaban J connectivity index is 2.46. The van der Waals surface area contributed by atoms with Crippen LogP contribution >= 0.6 is 0 Å². The third-order valence-corrected chi connectivity index (χ3v) is 3.53. The first-order valence-corrected chi connectivity index (χ1v) is 7.95. The van der Waals surface area contributed by atoms with Crippen LogP contribution in [0.3, 0.4) is 0 Å². The average Bonchev–Trinajstić information content (AvgIpc) is 2.52. The van der Waals surface area contributed by atoms with Crippen LogP contribution in [0.15, 0.2) is 29.3 Å². The number of carbonyl (C=O) groups excluding carboxylic acids is 2. The molecule has 1 aromatic carbocycles. The molecular formula is C16H26N6O3. The number of nitrogens with two attached hydrogens (primary N) is 4. The third kappa shape index (κ3) is 8.56. The zero-order chi connectivity index (χ0) is 18.8. The zero-order valence-electron chi connectivity index (χ0n) is 14.0. The van der Waals surface area contributed by atoms with Crippen molar-refractivity contribution in [2.75, 3.05) is 6.54 Å². The Bertz CT molecular complexity index is 598. The molecular weight excluding hydrogens is 324 g/mol. The number of phenolic OH excluding ortho intramolecular Hbond substituents is 1. The van der Waals surface area contributed by atoms with E-state index in [2.05, 4.69) is 10.3 Å². The molecule has 0 radical (unpaired) electrons. The maximum Gasteiger partial charge on any atom is 0.240 e. The average molecular weight is 350 g/mol. The highest BCUT2D eigenvalue weighted by Gasteiger charge is 2.20. The van der Waals surface area contributed by atoms with E-state index in [1.165, 1.54) is 12.1 Å². The molecule has 0 aromatic heterocycles. The van der Waals surface area contributed by atoms with Gasteiger partial charge in [0.1, 0.15) is 11.8 Å². The Hall–Kier alpha value is -2.81. The number of benzene rings is 1. The summed E-state index contributed by atoms with van der Waals surface area (Å²) in [5, 5.41) is 11.9. The predicted octanol–water partition coefficient (Wildman–Crippen LogP) is -1.32. The van der Waals surface area contributed by atoms with Crippen molar-refractivity contribution in [2.45, 2.75) is 37.8 Å². The van der Waals surface area contributed by atoms with Gasteiger partial charge in [-0.3, -0.25) is 14.6 Å². The smallest absolute Gasteiger partial charge is 0.240 e. The molecule has 2 atom stereocenters. The number of nitrogens with zero attached hydrogens (tertiary/aromatic N) is 1. The highest BCUT2D eigenvalue weighted by molar-refractivity contribution is 5.87. The fourth-order valence-corrected chi connectivity index (χ4v) is 2.25. The molecule has 9 heteroatoms. The second kappa shape index (κ2) is 10.1. The van der Waals surface area contributed by atoms with E-state index in [0.29, 0.717) is 19.4 Å². The number of aliphatic imine (C=N–C) groups is 1. The summed E-state index contributed by atoms with van der Waals surface area (Å²) in [6.07, 6.45) is 1.53. The van der Waals surface area contributed by atoms with Crippen molar-refractivity contribution in [3.05, 3.63) is 29.8 Å². The van der Waals surface area contributed by atoms with Crippen LogP contribution in [0.1, 0.15) is 24.8 Å². The molecule has 1 rings (SSSR count). The minimum Gasteiger partial charge on any atom is -0.508 e. The molecule has 0 heterocycles. The molecule has 9 nitrogen and oxygen atoms in total. The SMILES string of the molecule is NC(=O)C(Cc1ccc(O)cc1)NC(=O)CC(N)CCCN=C(N)N. The lowest BCUT2D eigenvalue weighted by atomic mass is 10.0. The van der Waals surface area contributed by atoms with Crippen molar-refractivity contribution < 1.29 is 14.7 Å². The van der Waals surface area contributed by atoms with Crippen molar-refractivity contribution in [2.24, 2.45) is 27.9 Å². The number of rotatable bonds is 10. The Morgan fingerprint density at radius 3 is 2.36 bits per heavy atom. The van der Waals surface area contributed by atoms with Gasteiger partial charge in [0.05, 0.1) is 0 Å². The molecule has 0 bridgehead atoms. The van der Waals surface area contributed by atoms with E-state index in [1.54, 1.807) is 12.1 Å². The molecule has 2 unspecified atom stereocenters. The van der Waals surface area contributed by atoms with E-state index >= 15 is 0 Å². The largest absolute Gasteiger partial charge is 0.508 e. The van der Waals surface area contributed by atoms with Crippen LogP contribution in [-0.4, -0.2) is 41.5 Å². The second-order valence-corrected chi connectivity index (χ2v) is 5.81. The fourth-order valence-electron chi connectivity index (χ4n) is 2.25. The van der Waals surface area contributed by atoms with E-state index in [-0.39, 0.29) is 36.5 Å². The Morgan fingerprint density at radius 2 is 1.80 bits per heavy atom. The summed E-state index contributed by atoms with van der Waals surface area (Å²) in [6.45, 7) is 0.447. The molecule has 2 amide bonds. The molecule has 25 heavy (non-hydrogen) atoms. The maximum atomic E-state index is 12.0. The van der Waals surface area contributed by atoms with E-state index < -0.39 is 11.9 Å². The number of nitrogens with one attached hydrogen (secondary N) is 1. The van der Waals surface area contributed by atoms with E-state index in [9.17, 15) is 14.7 Å². The third-order valence-electron chi connectivity index (χ3n) is 3.53. The summed E-state index contributed by atoms with van der Waals surface area (Å²) in [7, 11) is 0. The van der Waals surface area contributed by atoms with Gasteiger partial charge in [0, 0.05) is 25.4 Å². The number of hydrogen-bond donors (Lipinski definition) is 6. The first-order chi connectivity index (χ1) is 11.8. The summed E-state index contributed by atoms with van der Waals surface area (Å²) in [5.74, 6) is -0.848. The fraction of sp³-hybridized carbons (Fsp3) is 0.438. The number of amides is 2. The summed E-state index contributed by atoms with van der Waals surface area (Å²) in [6, 6.07) is 5.12. The van der Waals surface area contributed by atoms with Crippen LogP contribution in [0, 0.1) is 0 Å². The molecule has 10 N–H and O–H groups in total. The van der Waals surface area contributed by atoms with Gasteiger partial charge in [-0.05, 0) is 30.5 Å². The molecule has 138 valence electrons. The van der Waals surface area contributed by atoms with Gasteiger partial charge in [0.25, 0.3) is 0 Å². The van der Waals surface area contributed by atoms with Crippen LogP contribution < -0.4 is 28.3 Å². The van der Waals surface area contributed by atoms with Gasteiger partial charge in [-0.15, -0.1) is 0 Å². The first-order valence-electron chi connectivity index (χ1n) is 7.95. The number of hydrogen-bond acceptors (Lipinski definition) is 5. The first kappa shape index (κ1) is 20.2. The van der Waals surface area contributed by atoms with Gasteiger partial charge in [0.15, 0.2) is 5.96 Å². The minimum atomic E-state index is -0.842. The van der Waals surface area contributed by atoms with Gasteiger partial charge in [-0.2, -0.15) is 0 Å². The Labute approximate surface area is 146 Å². The van der Waals surface area contributed by atoms with Gasteiger partial charge >= 0.3 is 0 Å². The predicted molar refractivity (Wildman–Crippen MR) is 95.4 cm³/mol. The number of aromatic hydroxyl groups is 1. The molecule has 1 aromatic rings. The number of guanidine groups is 1. The van der Waals surface area contributed by atoms with Crippen LogP contribution in [0.5, 0.6) is 5.75 Å². The van der Waals surface area contributed by atoms with Gasteiger partial charge < -0.3 is 33.4 Å². The molecule has 0 saturated heterocycles. The lowest BCUT2D eigenvalue weighted by Gasteiger charge is -2.17. The lowest BCUT2D eigenvalue weighted by Crippen LogP contribution is -2.47. The van der Waals surface area contributed by atoms with Gasteiger partial charge in [-0.1, -0.05) is 12.1 Å². The van der Waals surface area contributed by atoms with Crippen molar-refractivity contribution in [1.82, 2.24) is 5.32 Å². The summed E-state index contributed by atoms with van der Waals surface area (Å²) >= 11 is 0.